The summed E-state index contributed by atoms with van der Waals surface area (Å²) in [5, 5.41) is 0. The summed E-state index contributed by atoms with van der Waals surface area (Å²) in [7, 11) is 1.42. The van der Waals surface area contributed by atoms with Crippen LogP contribution in [0.1, 0.15) is 19.4 Å². The number of methoxy groups -OCH3 is 1. The van der Waals surface area contributed by atoms with Crippen LogP contribution in [0.4, 0.5) is 4.39 Å². The normalized spacial score (nSPS) is 11.5. The quantitative estimate of drug-likeness (QED) is 0.757. The van der Waals surface area contributed by atoms with Gasteiger partial charge in [-0.2, -0.15) is 0 Å². The number of ether oxygens (including phenoxy) is 1. The largest absolute Gasteiger partial charge is 0.494 e. The van der Waals surface area contributed by atoms with Crippen molar-refractivity contribution in [3.63, 3.8) is 0 Å². The highest BCUT2D eigenvalue weighted by molar-refractivity contribution is 5.33. The molecule has 0 radical (unpaired) electrons. The Labute approximate surface area is 82.6 Å². The summed E-state index contributed by atoms with van der Waals surface area (Å²) < 4.78 is 17.9. The maximum atomic E-state index is 13.1. The summed E-state index contributed by atoms with van der Waals surface area (Å²) in [6.07, 6.45) is 0. The van der Waals surface area contributed by atoms with Crippen LogP contribution in [0.25, 0.3) is 0 Å². The summed E-state index contributed by atoms with van der Waals surface area (Å²) in [6, 6.07) is 4.52. The van der Waals surface area contributed by atoms with Gasteiger partial charge in [0, 0.05) is 0 Å². The standard InChI is InChI=1S/C10H14FNO2/c1-10(2,14-12)7-4-5-8(11)9(6-7)13-3/h4-6H,12H2,1-3H3. The van der Waals surface area contributed by atoms with E-state index < -0.39 is 11.4 Å². The van der Waals surface area contributed by atoms with Crippen molar-refractivity contribution in [2.24, 2.45) is 5.90 Å². The van der Waals surface area contributed by atoms with Gasteiger partial charge in [-0.15, -0.1) is 0 Å². The molecule has 0 fully saturated rings. The van der Waals surface area contributed by atoms with Gasteiger partial charge in [0.25, 0.3) is 0 Å². The van der Waals surface area contributed by atoms with E-state index in [0.717, 1.165) is 5.56 Å². The van der Waals surface area contributed by atoms with Crippen molar-refractivity contribution in [1.82, 2.24) is 0 Å². The number of hydrogen-bond donors (Lipinski definition) is 1. The third kappa shape index (κ3) is 2.02. The van der Waals surface area contributed by atoms with Gasteiger partial charge in [0.05, 0.1) is 7.11 Å². The Bertz CT molecular complexity index is 326. The monoisotopic (exact) mass is 199 g/mol. The third-order valence-corrected chi connectivity index (χ3v) is 2.14. The predicted octanol–water partition coefficient (Wildman–Crippen LogP) is 1.96. The van der Waals surface area contributed by atoms with Gasteiger partial charge in [0.2, 0.25) is 0 Å². The highest BCUT2D eigenvalue weighted by Crippen LogP contribution is 2.27. The first-order valence-electron chi connectivity index (χ1n) is 4.23. The fraction of sp³-hybridized carbons (Fsp3) is 0.400. The minimum atomic E-state index is -0.652. The van der Waals surface area contributed by atoms with E-state index in [1.54, 1.807) is 26.0 Å². The van der Waals surface area contributed by atoms with Gasteiger partial charge < -0.3 is 4.74 Å². The molecule has 0 aliphatic rings. The molecule has 0 aromatic heterocycles. The first kappa shape index (κ1) is 10.9. The molecule has 0 heterocycles. The molecular formula is C10H14FNO2. The van der Waals surface area contributed by atoms with E-state index in [-0.39, 0.29) is 5.75 Å². The average Bonchev–Trinajstić information content (AvgIpc) is 2.18. The number of hydrogen-bond acceptors (Lipinski definition) is 3. The number of nitrogens with two attached hydrogens (primary N) is 1. The highest BCUT2D eigenvalue weighted by atomic mass is 19.1. The lowest BCUT2D eigenvalue weighted by Gasteiger charge is -2.22. The van der Waals surface area contributed by atoms with Gasteiger partial charge in [0.1, 0.15) is 5.60 Å². The lowest BCUT2D eigenvalue weighted by Crippen LogP contribution is -2.25. The van der Waals surface area contributed by atoms with Crippen molar-refractivity contribution >= 4 is 0 Å². The molecule has 1 rings (SSSR count). The molecule has 0 unspecified atom stereocenters. The summed E-state index contributed by atoms with van der Waals surface area (Å²) in [5.41, 5.74) is 0.110. The third-order valence-electron chi connectivity index (χ3n) is 2.14. The average molecular weight is 199 g/mol. The zero-order chi connectivity index (χ0) is 10.8. The Kier molecular flexibility index (Phi) is 3.08. The molecule has 3 nitrogen and oxygen atoms in total. The molecule has 0 aliphatic heterocycles. The van der Waals surface area contributed by atoms with Crippen molar-refractivity contribution in [2.75, 3.05) is 7.11 Å². The van der Waals surface area contributed by atoms with Gasteiger partial charge >= 0.3 is 0 Å². The molecule has 0 spiro atoms. The van der Waals surface area contributed by atoms with Crippen LogP contribution in [0, 0.1) is 5.82 Å². The number of benzene rings is 1. The molecule has 0 atom stereocenters. The number of rotatable bonds is 3. The molecule has 0 saturated carbocycles. The van der Waals surface area contributed by atoms with Crippen LogP contribution in [-0.4, -0.2) is 7.11 Å². The topological polar surface area (TPSA) is 44.5 Å². The second-order valence-electron chi connectivity index (χ2n) is 3.48. The Balaban J connectivity index is 3.12. The second-order valence-corrected chi connectivity index (χ2v) is 3.48. The zero-order valence-electron chi connectivity index (χ0n) is 8.50. The van der Waals surface area contributed by atoms with E-state index in [0.29, 0.717) is 0 Å². The Morgan fingerprint density at radius 2 is 2.00 bits per heavy atom. The van der Waals surface area contributed by atoms with Crippen LogP contribution in [0.15, 0.2) is 18.2 Å². The van der Waals surface area contributed by atoms with E-state index in [4.69, 9.17) is 15.5 Å². The molecule has 2 N–H and O–H groups in total. The van der Waals surface area contributed by atoms with Crippen LogP contribution >= 0.6 is 0 Å². The highest BCUT2D eigenvalue weighted by Gasteiger charge is 2.21. The van der Waals surface area contributed by atoms with E-state index in [1.807, 2.05) is 0 Å². The van der Waals surface area contributed by atoms with Crippen molar-refractivity contribution < 1.29 is 14.0 Å². The smallest absolute Gasteiger partial charge is 0.165 e. The molecule has 14 heavy (non-hydrogen) atoms. The maximum Gasteiger partial charge on any atom is 0.165 e. The van der Waals surface area contributed by atoms with Crippen molar-refractivity contribution in [3.8, 4) is 5.75 Å². The van der Waals surface area contributed by atoms with Gasteiger partial charge in [-0.25, -0.2) is 10.3 Å². The molecule has 0 saturated heterocycles. The van der Waals surface area contributed by atoms with E-state index in [1.165, 1.54) is 13.2 Å². The van der Waals surface area contributed by atoms with Crippen molar-refractivity contribution in [2.45, 2.75) is 19.4 Å². The van der Waals surface area contributed by atoms with Crippen LogP contribution in [-0.2, 0) is 10.4 Å². The lowest BCUT2D eigenvalue weighted by atomic mass is 9.98. The Morgan fingerprint density at radius 1 is 1.36 bits per heavy atom. The molecule has 78 valence electrons. The SMILES string of the molecule is COc1cc(C(C)(C)ON)ccc1F. The summed E-state index contributed by atoms with van der Waals surface area (Å²) in [5.74, 6) is 4.92. The molecule has 0 bridgehead atoms. The van der Waals surface area contributed by atoms with E-state index in [2.05, 4.69) is 0 Å². The molecule has 0 aliphatic carbocycles. The zero-order valence-corrected chi connectivity index (χ0v) is 8.50. The van der Waals surface area contributed by atoms with Gasteiger partial charge in [-0.1, -0.05) is 6.07 Å². The van der Waals surface area contributed by atoms with Crippen LogP contribution in [0.5, 0.6) is 5.75 Å². The minimum absolute atomic E-state index is 0.188. The molecule has 1 aromatic carbocycles. The molecule has 1 aromatic rings. The van der Waals surface area contributed by atoms with Gasteiger partial charge in [-0.3, -0.25) is 4.84 Å². The van der Waals surface area contributed by atoms with Crippen molar-refractivity contribution in [3.05, 3.63) is 29.6 Å². The number of halogens is 1. The predicted molar refractivity (Wildman–Crippen MR) is 51.3 cm³/mol. The molecule has 4 heteroatoms. The summed E-state index contributed by atoms with van der Waals surface area (Å²) >= 11 is 0. The van der Waals surface area contributed by atoms with Gasteiger partial charge in [0.15, 0.2) is 11.6 Å². The first-order chi connectivity index (χ1) is 6.51. The maximum absolute atomic E-state index is 13.1. The molecular weight excluding hydrogens is 185 g/mol. The van der Waals surface area contributed by atoms with Gasteiger partial charge in [-0.05, 0) is 31.5 Å². The Morgan fingerprint density at radius 3 is 2.50 bits per heavy atom. The van der Waals surface area contributed by atoms with Crippen LogP contribution in [0.3, 0.4) is 0 Å². The second kappa shape index (κ2) is 3.94. The first-order valence-corrected chi connectivity index (χ1v) is 4.23. The minimum Gasteiger partial charge on any atom is -0.494 e. The lowest BCUT2D eigenvalue weighted by molar-refractivity contribution is -0.0237. The molecule has 0 amide bonds. The van der Waals surface area contributed by atoms with Crippen LogP contribution in [0.2, 0.25) is 0 Å². The fourth-order valence-electron chi connectivity index (χ4n) is 1.10. The van der Waals surface area contributed by atoms with Crippen molar-refractivity contribution in [1.29, 1.82) is 0 Å². The Hall–Kier alpha value is -1.13. The fourth-order valence-corrected chi connectivity index (χ4v) is 1.10. The summed E-state index contributed by atoms with van der Waals surface area (Å²) in [6.45, 7) is 3.58. The summed E-state index contributed by atoms with van der Waals surface area (Å²) in [4.78, 5) is 4.79. The van der Waals surface area contributed by atoms with E-state index >= 15 is 0 Å². The van der Waals surface area contributed by atoms with E-state index in [9.17, 15) is 4.39 Å². The van der Waals surface area contributed by atoms with Crippen LogP contribution < -0.4 is 10.6 Å².